The van der Waals surface area contributed by atoms with Gasteiger partial charge in [0.15, 0.2) is 6.29 Å². The lowest BCUT2D eigenvalue weighted by Gasteiger charge is -2.43. The molecule has 1 amide bonds. The first-order valence-corrected chi connectivity index (χ1v) is 15.7. The van der Waals surface area contributed by atoms with E-state index in [4.69, 9.17) is 9.47 Å². The molecule has 6 rings (SSSR count). The van der Waals surface area contributed by atoms with Gasteiger partial charge in [-0.15, -0.1) is 0 Å². The van der Waals surface area contributed by atoms with Gasteiger partial charge in [0.25, 0.3) is 5.91 Å². The third kappa shape index (κ3) is 7.25. The second-order valence-electron chi connectivity index (χ2n) is 11.9. The zero-order chi connectivity index (χ0) is 30.3. The molecule has 0 radical (unpaired) electrons. The molecule has 228 valence electrons. The number of rotatable bonds is 9. The molecular formula is C37H41N3O4. The highest BCUT2D eigenvalue weighted by Gasteiger charge is 2.39. The van der Waals surface area contributed by atoms with Crippen LogP contribution >= 0.6 is 0 Å². The number of aliphatic hydroxyl groups excluding tert-OH is 1. The number of hydrogen-bond donors (Lipinski definition) is 2. The van der Waals surface area contributed by atoms with E-state index in [1.807, 2.05) is 24.3 Å². The van der Waals surface area contributed by atoms with E-state index in [0.717, 1.165) is 53.0 Å². The highest BCUT2D eigenvalue weighted by atomic mass is 16.7. The molecule has 0 saturated carbocycles. The van der Waals surface area contributed by atoms with Gasteiger partial charge in [-0.25, -0.2) is 0 Å². The number of nitrogens with zero attached hydrogens (tertiary/aromatic N) is 2. The molecule has 7 heteroatoms. The number of carbonyl (C=O) groups is 1. The molecule has 3 heterocycles. The van der Waals surface area contributed by atoms with Crippen molar-refractivity contribution in [1.82, 2.24) is 15.2 Å². The van der Waals surface area contributed by atoms with Crippen molar-refractivity contribution in [3.8, 4) is 11.1 Å². The smallest absolute Gasteiger partial charge is 0.253 e. The fourth-order valence-electron chi connectivity index (χ4n) is 6.20. The van der Waals surface area contributed by atoms with Gasteiger partial charge in [-0.05, 0) is 71.9 Å². The van der Waals surface area contributed by atoms with E-state index < -0.39 is 6.29 Å². The predicted octanol–water partition coefficient (Wildman–Crippen LogP) is 6.45. The Bertz CT molecular complexity index is 1500. The predicted molar refractivity (Wildman–Crippen MR) is 171 cm³/mol. The number of likely N-dealkylation sites (tertiary alicyclic amines) is 1. The Hall–Kier alpha value is -3.88. The first-order chi connectivity index (χ1) is 21.6. The lowest BCUT2D eigenvalue weighted by molar-refractivity contribution is -0.276. The molecule has 0 unspecified atom stereocenters. The van der Waals surface area contributed by atoms with Gasteiger partial charge in [-0.1, -0.05) is 80.1 Å². The summed E-state index contributed by atoms with van der Waals surface area (Å²) in [5.74, 6) is 0.0321. The largest absolute Gasteiger partial charge is 0.392 e. The van der Waals surface area contributed by atoms with Gasteiger partial charge >= 0.3 is 0 Å². The van der Waals surface area contributed by atoms with Crippen molar-refractivity contribution in [2.75, 3.05) is 19.6 Å². The number of piperidine rings is 1. The van der Waals surface area contributed by atoms with Crippen LogP contribution in [0.2, 0.25) is 0 Å². The molecule has 4 aromatic rings. The fraction of sp³-hybridized carbons (Fsp3) is 0.351. The summed E-state index contributed by atoms with van der Waals surface area (Å²) < 4.78 is 13.4. The second-order valence-corrected chi connectivity index (χ2v) is 11.9. The van der Waals surface area contributed by atoms with Crippen LogP contribution in [0.15, 0.2) is 97.3 Å². The van der Waals surface area contributed by atoms with Gasteiger partial charge in [0, 0.05) is 37.0 Å². The van der Waals surface area contributed by atoms with E-state index >= 15 is 0 Å². The number of aliphatic hydroxyl groups is 1. The number of nitrogens with one attached hydrogen (secondary N) is 1. The maximum absolute atomic E-state index is 12.5. The summed E-state index contributed by atoms with van der Waals surface area (Å²) in [7, 11) is 0. The van der Waals surface area contributed by atoms with E-state index in [-0.39, 0.29) is 30.6 Å². The lowest BCUT2D eigenvalue weighted by Crippen LogP contribution is -2.45. The molecule has 0 spiro atoms. The van der Waals surface area contributed by atoms with Crippen molar-refractivity contribution in [1.29, 1.82) is 0 Å². The number of benzene rings is 3. The monoisotopic (exact) mass is 591 g/mol. The zero-order valence-electron chi connectivity index (χ0n) is 25.3. The van der Waals surface area contributed by atoms with Crippen molar-refractivity contribution < 1.29 is 19.4 Å². The Morgan fingerprint density at radius 1 is 0.886 bits per heavy atom. The number of ether oxygens (including phenoxy) is 2. The van der Waals surface area contributed by atoms with Gasteiger partial charge in [0.2, 0.25) is 0 Å². The quantitative estimate of drug-likeness (QED) is 0.233. The highest BCUT2D eigenvalue weighted by molar-refractivity contribution is 5.93. The SMILES string of the molecule is C[C@H]1[C@@H](CN2CCCCC2)O[C@@H](c2ccc(-c3cccc(CNC(=O)c4cccnc4)c3)cc2)O[C@H]1c1ccc(CO)cc1. The number of amides is 1. The number of hydrogen-bond acceptors (Lipinski definition) is 6. The Morgan fingerprint density at radius 2 is 1.66 bits per heavy atom. The molecule has 2 N–H and O–H groups in total. The molecule has 7 nitrogen and oxygen atoms in total. The van der Waals surface area contributed by atoms with E-state index in [1.54, 1.807) is 24.5 Å². The molecular weight excluding hydrogens is 550 g/mol. The molecule has 4 atom stereocenters. The minimum absolute atomic E-state index is 0.0278. The van der Waals surface area contributed by atoms with Crippen LogP contribution < -0.4 is 5.32 Å². The molecule has 2 aliphatic rings. The molecule has 0 aliphatic carbocycles. The molecule has 0 bridgehead atoms. The first kappa shape index (κ1) is 30.2. The van der Waals surface area contributed by atoms with Gasteiger partial charge in [-0.2, -0.15) is 0 Å². The number of pyridine rings is 1. The van der Waals surface area contributed by atoms with Crippen molar-refractivity contribution >= 4 is 5.91 Å². The fourth-order valence-corrected chi connectivity index (χ4v) is 6.20. The van der Waals surface area contributed by atoms with Crippen LogP contribution in [-0.2, 0) is 22.6 Å². The Kier molecular flexibility index (Phi) is 9.78. The maximum Gasteiger partial charge on any atom is 0.253 e. The second kappa shape index (κ2) is 14.3. The third-order valence-electron chi connectivity index (χ3n) is 8.83. The van der Waals surface area contributed by atoms with Gasteiger partial charge in [0.05, 0.1) is 24.4 Å². The van der Waals surface area contributed by atoms with Gasteiger partial charge < -0.3 is 24.8 Å². The van der Waals surface area contributed by atoms with E-state index in [1.165, 1.54) is 19.3 Å². The Labute approximate surface area is 259 Å². The third-order valence-corrected chi connectivity index (χ3v) is 8.83. The van der Waals surface area contributed by atoms with Crippen molar-refractivity contribution in [2.24, 2.45) is 5.92 Å². The average Bonchev–Trinajstić information content (AvgIpc) is 3.09. The van der Waals surface area contributed by atoms with Crippen LogP contribution in [0, 0.1) is 5.92 Å². The summed E-state index contributed by atoms with van der Waals surface area (Å²) in [6.07, 6.45) is 6.45. The molecule has 44 heavy (non-hydrogen) atoms. The summed E-state index contributed by atoms with van der Waals surface area (Å²) in [4.78, 5) is 19.0. The normalized spacial score (nSPS) is 22.4. The van der Waals surface area contributed by atoms with Crippen LogP contribution in [0.25, 0.3) is 11.1 Å². The number of aromatic nitrogens is 1. The molecule has 2 fully saturated rings. The van der Waals surface area contributed by atoms with E-state index in [2.05, 4.69) is 70.7 Å². The van der Waals surface area contributed by atoms with Crippen LogP contribution in [-0.4, -0.2) is 46.6 Å². The van der Waals surface area contributed by atoms with E-state index in [0.29, 0.717) is 12.1 Å². The number of carbonyl (C=O) groups excluding carboxylic acids is 1. The van der Waals surface area contributed by atoms with Crippen molar-refractivity contribution in [2.45, 2.75) is 57.8 Å². The molecule has 2 aliphatic heterocycles. The molecule has 2 saturated heterocycles. The van der Waals surface area contributed by atoms with Crippen LogP contribution in [0.5, 0.6) is 0 Å². The van der Waals surface area contributed by atoms with Crippen molar-refractivity contribution in [3.63, 3.8) is 0 Å². The zero-order valence-corrected chi connectivity index (χ0v) is 25.3. The average molecular weight is 592 g/mol. The summed E-state index contributed by atoms with van der Waals surface area (Å²) in [6.45, 7) is 5.82. The Morgan fingerprint density at radius 3 is 2.39 bits per heavy atom. The van der Waals surface area contributed by atoms with Crippen molar-refractivity contribution in [3.05, 3.63) is 125 Å². The van der Waals surface area contributed by atoms with Gasteiger partial charge in [-0.3, -0.25) is 9.78 Å². The maximum atomic E-state index is 12.5. The summed E-state index contributed by atoms with van der Waals surface area (Å²) in [5.41, 5.74) is 6.71. The standard InChI is InChI=1S/C37H41N3O4/c1-26-34(24-40-19-3-2-4-20-40)43-37(44-35(26)30-12-10-27(25-41)11-13-30)31-16-14-29(15-17-31)32-8-5-7-28(21-32)22-39-36(42)33-9-6-18-38-23-33/h5-18,21,23,26,34-35,37,41H,2-4,19-20,22,24-25H2,1H3,(H,39,42)/t26-,34+,35+,37+/m0/s1. The van der Waals surface area contributed by atoms with Gasteiger partial charge in [0.1, 0.15) is 0 Å². The highest BCUT2D eigenvalue weighted by Crippen LogP contribution is 2.42. The molecule has 3 aromatic carbocycles. The van der Waals surface area contributed by atoms with Crippen LogP contribution in [0.3, 0.4) is 0 Å². The molecule has 1 aromatic heterocycles. The Balaban J connectivity index is 1.17. The first-order valence-electron chi connectivity index (χ1n) is 15.7. The lowest BCUT2D eigenvalue weighted by atomic mass is 9.89. The summed E-state index contributed by atoms with van der Waals surface area (Å²) in [6, 6.07) is 28.2. The van der Waals surface area contributed by atoms with Crippen LogP contribution in [0.1, 0.15) is 71.2 Å². The minimum Gasteiger partial charge on any atom is -0.392 e. The van der Waals surface area contributed by atoms with Crippen LogP contribution in [0.4, 0.5) is 0 Å². The topological polar surface area (TPSA) is 83.9 Å². The summed E-state index contributed by atoms with van der Waals surface area (Å²) in [5, 5.41) is 12.5. The minimum atomic E-state index is -0.480. The van der Waals surface area contributed by atoms with E-state index in [9.17, 15) is 9.90 Å². The summed E-state index contributed by atoms with van der Waals surface area (Å²) >= 11 is 0.